The number of H-pyrrole nitrogens is 1. The summed E-state index contributed by atoms with van der Waals surface area (Å²) in [6, 6.07) is 3.40. The highest BCUT2D eigenvalue weighted by Crippen LogP contribution is 2.35. The molecule has 0 atom stereocenters. The van der Waals surface area contributed by atoms with Gasteiger partial charge in [-0.25, -0.2) is 0 Å². The lowest BCUT2D eigenvalue weighted by Gasteiger charge is -2.09. The van der Waals surface area contributed by atoms with Crippen LogP contribution in [0.2, 0.25) is 5.02 Å². The summed E-state index contributed by atoms with van der Waals surface area (Å²) in [4.78, 5) is 11.7. The minimum atomic E-state index is -4.56. The summed E-state index contributed by atoms with van der Waals surface area (Å²) >= 11 is 10.5. The number of hydrogen-bond acceptors (Lipinski definition) is 3. The summed E-state index contributed by atoms with van der Waals surface area (Å²) in [7, 11) is 1.69. The molecule has 0 unspecified atom stereocenters. The van der Waals surface area contributed by atoms with Crippen LogP contribution >= 0.6 is 23.8 Å². The fourth-order valence-electron chi connectivity index (χ4n) is 1.80. The molecule has 2 aromatic rings. The van der Waals surface area contributed by atoms with E-state index in [4.69, 9.17) is 23.8 Å². The summed E-state index contributed by atoms with van der Waals surface area (Å²) < 4.78 is 40.3. The first-order chi connectivity index (χ1) is 11.2. The Hall–Kier alpha value is -2.13. The number of aromatic nitrogens is 3. The highest BCUT2D eigenvalue weighted by atomic mass is 35.5. The second-order valence-electron chi connectivity index (χ2n) is 4.79. The SMILES string of the molecule is Cn1c(CNC(=O)C=Cc2ccc(Cl)c(C(F)(F)F)c2)n[nH]c1=S. The molecule has 24 heavy (non-hydrogen) atoms. The number of hydrogen-bond donors (Lipinski definition) is 2. The van der Waals surface area contributed by atoms with E-state index in [-0.39, 0.29) is 12.1 Å². The Bertz CT molecular complexity index is 841. The zero-order valence-corrected chi connectivity index (χ0v) is 13.9. The smallest absolute Gasteiger partial charge is 0.345 e. The second kappa shape index (κ2) is 7.18. The Morgan fingerprint density at radius 3 is 2.79 bits per heavy atom. The third kappa shape index (κ3) is 4.45. The highest BCUT2D eigenvalue weighted by molar-refractivity contribution is 7.71. The lowest BCUT2D eigenvalue weighted by Crippen LogP contribution is -2.22. The summed E-state index contributed by atoms with van der Waals surface area (Å²) in [5, 5.41) is 8.66. The molecule has 0 saturated heterocycles. The van der Waals surface area contributed by atoms with Crippen LogP contribution in [0.15, 0.2) is 24.3 Å². The molecule has 1 amide bonds. The van der Waals surface area contributed by atoms with E-state index in [0.29, 0.717) is 10.6 Å². The van der Waals surface area contributed by atoms with Gasteiger partial charge in [0.25, 0.3) is 0 Å². The quantitative estimate of drug-likeness (QED) is 0.634. The largest absolute Gasteiger partial charge is 0.417 e. The van der Waals surface area contributed by atoms with Crippen LogP contribution in [0, 0.1) is 4.77 Å². The van der Waals surface area contributed by atoms with E-state index < -0.39 is 22.7 Å². The van der Waals surface area contributed by atoms with E-state index in [1.165, 1.54) is 12.1 Å². The van der Waals surface area contributed by atoms with Crippen LogP contribution in [-0.4, -0.2) is 20.7 Å². The van der Waals surface area contributed by atoms with E-state index in [1.807, 2.05) is 0 Å². The number of amides is 1. The van der Waals surface area contributed by atoms with Crippen molar-refractivity contribution in [2.75, 3.05) is 0 Å². The Morgan fingerprint density at radius 2 is 2.21 bits per heavy atom. The van der Waals surface area contributed by atoms with Crippen LogP contribution in [0.1, 0.15) is 17.0 Å². The van der Waals surface area contributed by atoms with Crippen molar-refractivity contribution in [3.05, 3.63) is 51.0 Å². The summed E-state index contributed by atoms with van der Waals surface area (Å²) in [6.45, 7) is 0.126. The Balaban J connectivity index is 2.04. The third-order valence-corrected chi connectivity index (χ3v) is 3.81. The maximum absolute atomic E-state index is 12.8. The lowest BCUT2D eigenvalue weighted by molar-refractivity contribution is -0.137. The molecule has 0 bridgehead atoms. The van der Waals surface area contributed by atoms with Gasteiger partial charge >= 0.3 is 6.18 Å². The first-order valence-corrected chi connectivity index (χ1v) is 7.40. The van der Waals surface area contributed by atoms with Crippen molar-refractivity contribution >= 4 is 35.8 Å². The minimum absolute atomic E-state index is 0.126. The number of aromatic amines is 1. The zero-order chi connectivity index (χ0) is 17.9. The van der Waals surface area contributed by atoms with E-state index in [2.05, 4.69) is 15.5 Å². The number of halogens is 4. The van der Waals surface area contributed by atoms with Crippen molar-refractivity contribution in [1.82, 2.24) is 20.1 Å². The molecular formula is C14H12ClF3N4OS. The highest BCUT2D eigenvalue weighted by Gasteiger charge is 2.33. The van der Waals surface area contributed by atoms with Gasteiger partial charge in [0.1, 0.15) is 0 Å². The maximum Gasteiger partial charge on any atom is 0.417 e. The van der Waals surface area contributed by atoms with Crippen LogP contribution in [-0.2, 0) is 24.6 Å². The number of nitrogens with one attached hydrogen (secondary N) is 2. The fraction of sp³-hybridized carbons (Fsp3) is 0.214. The number of benzene rings is 1. The third-order valence-electron chi connectivity index (χ3n) is 3.12. The summed E-state index contributed by atoms with van der Waals surface area (Å²) in [5.41, 5.74) is -0.742. The van der Waals surface area contributed by atoms with Gasteiger partial charge in [-0.15, -0.1) is 0 Å². The molecule has 1 heterocycles. The molecule has 0 aliphatic rings. The average molecular weight is 377 g/mol. The van der Waals surface area contributed by atoms with Crippen LogP contribution in [0.5, 0.6) is 0 Å². The molecule has 0 saturated carbocycles. The lowest BCUT2D eigenvalue weighted by atomic mass is 10.1. The molecule has 0 radical (unpaired) electrons. The molecule has 0 aliphatic carbocycles. The van der Waals surface area contributed by atoms with Gasteiger partial charge in [-0.2, -0.15) is 18.3 Å². The summed E-state index contributed by atoms with van der Waals surface area (Å²) in [5.74, 6) is 0.0417. The molecule has 128 valence electrons. The van der Waals surface area contributed by atoms with Crippen LogP contribution in [0.4, 0.5) is 13.2 Å². The van der Waals surface area contributed by atoms with Gasteiger partial charge in [0.05, 0.1) is 17.1 Å². The molecule has 10 heteroatoms. The van der Waals surface area contributed by atoms with Gasteiger partial charge in [-0.05, 0) is 36.0 Å². The van der Waals surface area contributed by atoms with Gasteiger partial charge in [0.15, 0.2) is 10.6 Å². The molecule has 1 aromatic heterocycles. The molecule has 5 nitrogen and oxygen atoms in total. The standard InChI is InChI=1S/C14H12ClF3N4OS/c1-22-11(20-21-13(22)24)7-19-12(23)5-3-8-2-4-10(15)9(6-8)14(16,17)18/h2-6H,7H2,1H3,(H,19,23)(H,21,24). The molecule has 0 aliphatic heterocycles. The van der Waals surface area contributed by atoms with Crippen molar-refractivity contribution in [2.45, 2.75) is 12.7 Å². The summed E-state index contributed by atoms with van der Waals surface area (Å²) in [6.07, 6.45) is -2.16. The normalized spacial score (nSPS) is 11.9. The predicted octanol–water partition coefficient (Wildman–Crippen LogP) is 3.48. The van der Waals surface area contributed by atoms with E-state index >= 15 is 0 Å². The zero-order valence-electron chi connectivity index (χ0n) is 12.3. The van der Waals surface area contributed by atoms with E-state index in [9.17, 15) is 18.0 Å². The topological polar surface area (TPSA) is 62.7 Å². The molecule has 0 fully saturated rings. The molecular weight excluding hydrogens is 365 g/mol. The van der Waals surface area contributed by atoms with Crippen molar-refractivity contribution in [3.63, 3.8) is 0 Å². The molecule has 1 aromatic carbocycles. The Labute approximate surface area is 145 Å². The van der Waals surface area contributed by atoms with Gasteiger partial charge in [-0.1, -0.05) is 17.7 Å². The van der Waals surface area contributed by atoms with Crippen molar-refractivity contribution in [2.24, 2.45) is 7.05 Å². The van der Waals surface area contributed by atoms with E-state index in [0.717, 1.165) is 18.2 Å². The van der Waals surface area contributed by atoms with Gasteiger partial charge in [0.2, 0.25) is 5.91 Å². The maximum atomic E-state index is 12.8. The van der Waals surface area contributed by atoms with Crippen LogP contribution in [0.25, 0.3) is 6.08 Å². The monoisotopic (exact) mass is 376 g/mol. The van der Waals surface area contributed by atoms with Crippen LogP contribution < -0.4 is 5.32 Å². The molecule has 2 N–H and O–H groups in total. The second-order valence-corrected chi connectivity index (χ2v) is 5.59. The Kier molecular flexibility index (Phi) is 5.45. The fourth-order valence-corrected chi connectivity index (χ4v) is 2.17. The number of carbonyl (C=O) groups excluding carboxylic acids is 1. The minimum Gasteiger partial charge on any atom is -0.345 e. The predicted molar refractivity (Wildman–Crippen MR) is 85.7 cm³/mol. The average Bonchev–Trinajstić information content (AvgIpc) is 2.82. The van der Waals surface area contributed by atoms with Crippen molar-refractivity contribution in [1.29, 1.82) is 0 Å². The Morgan fingerprint density at radius 1 is 1.50 bits per heavy atom. The first-order valence-electron chi connectivity index (χ1n) is 6.61. The van der Waals surface area contributed by atoms with Gasteiger partial charge in [-0.3, -0.25) is 9.89 Å². The number of alkyl halides is 3. The number of rotatable bonds is 4. The number of nitrogens with zero attached hydrogens (tertiary/aromatic N) is 2. The molecule has 2 rings (SSSR count). The van der Waals surface area contributed by atoms with Crippen LogP contribution in [0.3, 0.4) is 0 Å². The van der Waals surface area contributed by atoms with Crippen molar-refractivity contribution < 1.29 is 18.0 Å². The number of carbonyl (C=O) groups is 1. The van der Waals surface area contributed by atoms with Gasteiger partial charge in [0, 0.05) is 13.1 Å². The van der Waals surface area contributed by atoms with E-state index in [1.54, 1.807) is 11.6 Å². The van der Waals surface area contributed by atoms with Gasteiger partial charge < -0.3 is 9.88 Å². The first kappa shape index (κ1) is 18.2. The van der Waals surface area contributed by atoms with Crippen molar-refractivity contribution in [3.8, 4) is 0 Å². The molecule has 0 spiro atoms.